The minimum Gasteiger partial charge on any atom is -0.308 e. The molecule has 0 amide bonds. The van der Waals surface area contributed by atoms with Crippen molar-refractivity contribution in [2.45, 2.75) is 27.3 Å². The fourth-order valence-electron chi connectivity index (χ4n) is 1.76. The number of hydrogen-bond acceptors (Lipinski definition) is 4. The largest absolute Gasteiger partial charge is 0.308 e. The Balaban J connectivity index is 2.69. The summed E-state index contributed by atoms with van der Waals surface area (Å²) < 4.78 is 0. The van der Waals surface area contributed by atoms with Crippen molar-refractivity contribution in [3.63, 3.8) is 0 Å². The smallest absolute Gasteiger partial charge is 0.144 e. The molecule has 1 heterocycles. The lowest BCUT2D eigenvalue weighted by atomic mass is 10.2. The summed E-state index contributed by atoms with van der Waals surface area (Å²) in [7, 11) is 0. The van der Waals surface area contributed by atoms with E-state index < -0.39 is 0 Å². The minimum absolute atomic E-state index is 0.672. The number of nitrogens with zero attached hydrogens (tertiary/aromatic N) is 2. The molecule has 4 heteroatoms. The minimum atomic E-state index is 0.672. The summed E-state index contributed by atoms with van der Waals surface area (Å²) in [4.78, 5) is 6.59. The maximum atomic E-state index is 5.44. The number of aromatic nitrogens is 1. The van der Waals surface area contributed by atoms with Crippen molar-refractivity contribution >= 4 is 5.82 Å². The lowest BCUT2D eigenvalue weighted by Gasteiger charge is -2.23. The van der Waals surface area contributed by atoms with E-state index in [4.69, 9.17) is 5.84 Å². The second-order valence-corrected chi connectivity index (χ2v) is 4.38. The van der Waals surface area contributed by atoms with Crippen LogP contribution >= 0.6 is 0 Å². The summed E-state index contributed by atoms with van der Waals surface area (Å²) in [6.45, 7) is 9.66. The van der Waals surface area contributed by atoms with Gasteiger partial charge in [0.1, 0.15) is 5.82 Å². The maximum absolute atomic E-state index is 5.44. The number of anilines is 1. The Hall–Kier alpha value is -1.13. The average molecular weight is 222 g/mol. The van der Waals surface area contributed by atoms with Crippen molar-refractivity contribution in [2.75, 3.05) is 18.5 Å². The van der Waals surface area contributed by atoms with Crippen LogP contribution in [-0.2, 0) is 6.54 Å². The van der Waals surface area contributed by atoms with Gasteiger partial charge in [-0.15, -0.1) is 0 Å². The zero-order chi connectivity index (χ0) is 12.0. The van der Waals surface area contributed by atoms with Crippen LogP contribution in [0.25, 0.3) is 0 Å². The first-order valence-corrected chi connectivity index (χ1v) is 5.80. The second kappa shape index (κ2) is 6.45. The topological polar surface area (TPSA) is 54.2 Å². The molecule has 0 aromatic carbocycles. The van der Waals surface area contributed by atoms with Crippen LogP contribution in [0.4, 0.5) is 5.82 Å². The third-order valence-electron chi connectivity index (χ3n) is 2.49. The Kier molecular flexibility index (Phi) is 5.22. The van der Waals surface area contributed by atoms with E-state index in [0.717, 1.165) is 31.0 Å². The lowest BCUT2D eigenvalue weighted by molar-refractivity contribution is 0.248. The maximum Gasteiger partial charge on any atom is 0.144 e. The van der Waals surface area contributed by atoms with E-state index in [1.807, 2.05) is 6.07 Å². The molecule has 1 aromatic heterocycles. The molecule has 0 spiro atoms. The zero-order valence-corrected chi connectivity index (χ0v) is 10.4. The van der Waals surface area contributed by atoms with E-state index in [1.165, 1.54) is 0 Å². The van der Waals surface area contributed by atoms with Gasteiger partial charge in [0.2, 0.25) is 0 Å². The molecule has 0 radical (unpaired) electrons. The number of nitrogen functional groups attached to an aromatic ring is 1. The van der Waals surface area contributed by atoms with Gasteiger partial charge in [-0.3, -0.25) is 4.90 Å². The van der Waals surface area contributed by atoms with Crippen LogP contribution in [0.15, 0.2) is 18.3 Å². The molecule has 0 atom stereocenters. The van der Waals surface area contributed by atoms with E-state index in [1.54, 1.807) is 6.20 Å². The highest BCUT2D eigenvalue weighted by Crippen LogP contribution is 2.13. The Labute approximate surface area is 97.8 Å². The second-order valence-electron chi connectivity index (χ2n) is 4.38. The zero-order valence-electron chi connectivity index (χ0n) is 10.4. The van der Waals surface area contributed by atoms with Crippen molar-refractivity contribution < 1.29 is 0 Å². The summed E-state index contributed by atoms with van der Waals surface area (Å²) >= 11 is 0. The van der Waals surface area contributed by atoms with Gasteiger partial charge in [0, 0.05) is 24.8 Å². The van der Waals surface area contributed by atoms with Gasteiger partial charge in [-0.25, -0.2) is 10.8 Å². The van der Waals surface area contributed by atoms with Crippen LogP contribution < -0.4 is 11.3 Å². The van der Waals surface area contributed by atoms with Crippen molar-refractivity contribution in [3.05, 3.63) is 23.9 Å². The lowest BCUT2D eigenvalue weighted by Crippen LogP contribution is -2.28. The Bertz CT molecular complexity index is 312. The third kappa shape index (κ3) is 3.79. The van der Waals surface area contributed by atoms with E-state index in [-0.39, 0.29) is 0 Å². The molecule has 0 aliphatic rings. The summed E-state index contributed by atoms with van der Waals surface area (Å²) in [5, 5.41) is 0. The summed E-state index contributed by atoms with van der Waals surface area (Å²) in [5.41, 5.74) is 3.79. The number of pyridine rings is 1. The number of nitrogens with two attached hydrogens (primary N) is 1. The Morgan fingerprint density at radius 2 is 2.25 bits per heavy atom. The number of hydrogen-bond donors (Lipinski definition) is 2. The Morgan fingerprint density at radius 1 is 1.50 bits per heavy atom. The van der Waals surface area contributed by atoms with Gasteiger partial charge < -0.3 is 5.43 Å². The quantitative estimate of drug-likeness (QED) is 0.569. The summed E-state index contributed by atoms with van der Waals surface area (Å²) in [5.74, 6) is 6.88. The van der Waals surface area contributed by atoms with Crippen molar-refractivity contribution in [1.82, 2.24) is 9.88 Å². The van der Waals surface area contributed by atoms with E-state index in [0.29, 0.717) is 5.92 Å². The Morgan fingerprint density at radius 3 is 2.81 bits per heavy atom. The molecule has 0 aliphatic heterocycles. The number of hydrazine groups is 1. The highest BCUT2D eigenvalue weighted by Gasteiger charge is 2.09. The summed E-state index contributed by atoms with van der Waals surface area (Å²) in [6, 6.07) is 4.00. The molecule has 0 unspecified atom stereocenters. The molecule has 0 saturated carbocycles. The van der Waals surface area contributed by atoms with Crippen LogP contribution in [-0.4, -0.2) is 23.0 Å². The monoisotopic (exact) mass is 222 g/mol. The van der Waals surface area contributed by atoms with Gasteiger partial charge in [0.15, 0.2) is 0 Å². The van der Waals surface area contributed by atoms with Crippen molar-refractivity contribution in [2.24, 2.45) is 11.8 Å². The van der Waals surface area contributed by atoms with Crippen LogP contribution in [0.2, 0.25) is 0 Å². The van der Waals surface area contributed by atoms with Gasteiger partial charge in [-0.2, -0.15) is 0 Å². The molecule has 1 rings (SSSR count). The molecule has 0 saturated heterocycles. The predicted octanol–water partition coefficient (Wildman–Crippen LogP) is 1.85. The first-order chi connectivity index (χ1) is 7.67. The molecular formula is C12H22N4. The van der Waals surface area contributed by atoms with Gasteiger partial charge in [-0.1, -0.05) is 26.8 Å². The normalized spacial score (nSPS) is 11.1. The molecule has 1 aromatic rings. The highest BCUT2D eigenvalue weighted by atomic mass is 15.3. The molecule has 4 nitrogen and oxygen atoms in total. The van der Waals surface area contributed by atoms with E-state index >= 15 is 0 Å². The third-order valence-corrected chi connectivity index (χ3v) is 2.49. The first-order valence-electron chi connectivity index (χ1n) is 5.80. The molecule has 16 heavy (non-hydrogen) atoms. The van der Waals surface area contributed by atoms with Crippen LogP contribution in [0.3, 0.4) is 0 Å². The highest BCUT2D eigenvalue weighted by molar-refractivity contribution is 5.42. The predicted molar refractivity (Wildman–Crippen MR) is 67.8 cm³/mol. The van der Waals surface area contributed by atoms with Crippen LogP contribution in [0.5, 0.6) is 0 Å². The molecular weight excluding hydrogens is 200 g/mol. The first kappa shape index (κ1) is 12.9. The fourth-order valence-corrected chi connectivity index (χ4v) is 1.76. The van der Waals surface area contributed by atoms with Crippen LogP contribution in [0, 0.1) is 5.92 Å². The summed E-state index contributed by atoms with van der Waals surface area (Å²) in [6.07, 6.45) is 1.75. The van der Waals surface area contributed by atoms with E-state index in [9.17, 15) is 0 Å². The van der Waals surface area contributed by atoms with Gasteiger partial charge >= 0.3 is 0 Å². The molecule has 0 aliphatic carbocycles. The van der Waals surface area contributed by atoms with Gasteiger partial charge in [-0.05, 0) is 18.5 Å². The molecule has 0 fully saturated rings. The molecule has 3 N–H and O–H groups in total. The standard InChI is InChI=1S/C12H22N4/c1-4-16(8-10(2)3)9-11-6-5-7-14-12(11)15-13/h5-7,10H,4,8-9,13H2,1-3H3,(H,14,15). The fraction of sp³-hybridized carbons (Fsp3) is 0.583. The average Bonchev–Trinajstić information content (AvgIpc) is 2.28. The van der Waals surface area contributed by atoms with Crippen molar-refractivity contribution in [1.29, 1.82) is 0 Å². The van der Waals surface area contributed by atoms with Gasteiger partial charge in [0.05, 0.1) is 0 Å². The molecule has 0 bridgehead atoms. The van der Waals surface area contributed by atoms with Gasteiger partial charge in [0.25, 0.3) is 0 Å². The number of rotatable bonds is 6. The van der Waals surface area contributed by atoms with E-state index in [2.05, 4.69) is 42.1 Å². The number of nitrogens with one attached hydrogen (secondary N) is 1. The van der Waals surface area contributed by atoms with Crippen molar-refractivity contribution in [3.8, 4) is 0 Å². The van der Waals surface area contributed by atoms with Crippen LogP contribution in [0.1, 0.15) is 26.3 Å². The SMILES string of the molecule is CCN(Cc1cccnc1NN)CC(C)C. The molecule has 90 valence electrons.